The van der Waals surface area contributed by atoms with Crippen LogP contribution in [0.15, 0.2) is 12.7 Å². The summed E-state index contributed by atoms with van der Waals surface area (Å²) in [5.74, 6) is -0.275. The van der Waals surface area contributed by atoms with Gasteiger partial charge < -0.3 is 10.8 Å². The third-order valence-electron chi connectivity index (χ3n) is 2.84. The van der Waals surface area contributed by atoms with Gasteiger partial charge in [0.1, 0.15) is 0 Å². The molecule has 3 N–H and O–H groups in total. The fourth-order valence-corrected chi connectivity index (χ4v) is 2.04. The van der Waals surface area contributed by atoms with Gasteiger partial charge in [0.2, 0.25) is 5.91 Å². The Hall–Kier alpha value is -0.870. The average Bonchev–Trinajstić information content (AvgIpc) is 2.62. The highest BCUT2D eigenvalue weighted by molar-refractivity contribution is 5.80. The summed E-state index contributed by atoms with van der Waals surface area (Å²) in [6, 6.07) is -0.177. The van der Waals surface area contributed by atoms with Crippen molar-refractivity contribution in [3.05, 3.63) is 12.7 Å². The second kappa shape index (κ2) is 5.88. The van der Waals surface area contributed by atoms with E-state index in [4.69, 9.17) is 5.73 Å². The van der Waals surface area contributed by atoms with E-state index in [0.717, 1.165) is 25.8 Å². The largest absolute Gasteiger partial charge is 0.392 e. The lowest BCUT2D eigenvalue weighted by Crippen LogP contribution is -2.43. The van der Waals surface area contributed by atoms with Gasteiger partial charge >= 0.3 is 0 Å². The summed E-state index contributed by atoms with van der Waals surface area (Å²) in [6.07, 6.45) is 4.72. The van der Waals surface area contributed by atoms with Crippen LogP contribution in [0.4, 0.5) is 0 Å². The van der Waals surface area contributed by atoms with Crippen LogP contribution in [-0.4, -0.2) is 41.1 Å². The summed E-state index contributed by atoms with van der Waals surface area (Å²) in [5.41, 5.74) is 5.29. The highest BCUT2D eigenvalue weighted by Crippen LogP contribution is 2.17. The summed E-state index contributed by atoms with van der Waals surface area (Å²) in [5, 5.41) is 9.70. The van der Waals surface area contributed by atoms with Crippen LogP contribution in [0, 0.1) is 0 Å². The van der Waals surface area contributed by atoms with Gasteiger partial charge in [-0.3, -0.25) is 9.69 Å². The van der Waals surface area contributed by atoms with Crippen molar-refractivity contribution in [2.24, 2.45) is 5.73 Å². The van der Waals surface area contributed by atoms with E-state index < -0.39 is 0 Å². The second-order valence-corrected chi connectivity index (χ2v) is 4.08. The molecule has 86 valence electrons. The number of aliphatic hydroxyl groups excluding tert-OH is 1. The zero-order valence-corrected chi connectivity index (χ0v) is 9.06. The van der Waals surface area contributed by atoms with Crippen molar-refractivity contribution in [3.8, 4) is 0 Å². The molecule has 0 aromatic rings. The number of carbonyl (C=O) groups excluding carboxylic acids is 1. The predicted molar refractivity (Wildman–Crippen MR) is 59.2 cm³/mol. The quantitative estimate of drug-likeness (QED) is 0.621. The van der Waals surface area contributed by atoms with E-state index >= 15 is 0 Å². The van der Waals surface area contributed by atoms with Crippen LogP contribution in [0.5, 0.6) is 0 Å². The molecule has 1 heterocycles. The molecule has 0 aliphatic carbocycles. The van der Waals surface area contributed by atoms with E-state index in [2.05, 4.69) is 6.58 Å². The first-order valence-corrected chi connectivity index (χ1v) is 5.47. The first kappa shape index (κ1) is 12.2. The number of β-amino-alcohol motifs (C(OH)–C–C–N with tert-alkyl or cyclic N) is 1. The van der Waals surface area contributed by atoms with Crippen LogP contribution in [0.25, 0.3) is 0 Å². The summed E-state index contributed by atoms with van der Waals surface area (Å²) in [4.78, 5) is 13.1. The number of allylic oxidation sites excluding steroid dienone is 1. The summed E-state index contributed by atoms with van der Waals surface area (Å²) < 4.78 is 0. The number of nitrogens with zero attached hydrogens (tertiary/aromatic N) is 1. The number of hydrogen-bond acceptors (Lipinski definition) is 3. The van der Waals surface area contributed by atoms with Crippen molar-refractivity contribution < 1.29 is 9.90 Å². The molecule has 1 aliphatic rings. The molecule has 0 saturated carbocycles. The Labute approximate surface area is 90.7 Å². The molecular weight excluding hydrogens is 192 g/mol. The van der Waals surface area contributed by atoms with Crippen molar-refractivity contribution >= 4 is 5.91 Å². The molecule has 0 spiro atoms. The van der Waals surface area contributed by atoms with Crippen LogP contribution in [-0.2, 0) is 4.79 Å². The SMILES string of the molecule is C=CCCC(O)CN1CCCC1C(N)=O. The lowest BCUT2D eigenvalue weighted by Gasteiger charge is -2.24. The molecule has 15 heavy (non-hydrogen) atoms. The Kier molecular flexibility index (Phi) is 4.78. The maximum atomic E-state index is 11.1. The van der Waals surface area contributed by atoms with E-state index in [0.29, 0.717) is 13.0 Å². The van der Waals surface area contributed by atoms with Crippen LogP contribution >= 0.6 is 0 Å². The van der Waals surface area contributed by atoms with Gasteiger partial charge in [0.25, 0.3) is 0 Å². The highest BCUT2D eigenvalue weighted by Gasteiger charge is 2.29. The third-order valence-corrected chi connectivity index (χ3v) is 2.84. The zero-order chi connectivity index (χ0) is 11.3. The zero-order valence-electron chi connectivity index (χ0n) is 9.06. The van der Waals surface area contributed by atoms with E-state index in [1.807, 2.05) is 4.90 Å². The molecule has 2 atom stereocenters. The molecule has 0 radical (unpaired) electrons. The smallest absolute Gasteiger partial charge is 0.234 e. The maximum Gasteiger partial charge on any atom is 0.234 e. The lowest BCUT2D eigenvalue weighted by molar-refractivity contribution is -0.122. The number of carbonyl (C=O) groups is 1. The molecule has 1 aliphatic heterocycles. The highest BCUT2D eigenvalue weighted by atomic mass is 16.3. The van der Waals surface area contributed by atoms with Gasteiger partial charge in [0.15, 0.2) is 0 Å². The number of rotatable bonds is 6. The van der Waals surface area contributed by atoms with Crippen molar-refractivity contribution in [3.63, 3.8) is 0 Å². The topological polar surface area (TPSA) is 66.6 Å². The minimum absolute atomic E-state index is 0.177. The minimum Gasteiger partial charge on any atom is -0.392 e. The van der Waals surface area contributed by atoms with Crippen molar-refractivity contribution in [2.45, 2.75) is 37.8 Å². The van der Waals surface area contributed by atoms with Gasteiger partial charge in [0, 0.05) is 6.54 Å². The number of nitrogens with two attached hydrogens (primary N) is 1. The van der Waals surface area contributed by atoms with Crippen LogP contribution in [0.1, 0.15) is 25.7 Å². The lowest BCUT2D eigenvalue weighted by atomic mass is 10.1. The van der Waals surface area contributed by atoms with Gasteiger partial charge in [0.05, 0.1) is 12.1 Å². The number of hydrogen-bond donors (Lipinski definition) is 2. The van der Waals surface area contributed by atoms with Gasteiger partial charge in [-0.2, -0.15) is 0 Å². The molecule has 1 fully saturated rings. The Morgan fingerprint density at radius 3 is 3.07 bits per heavy atom. The third kappa shape index (κ3) is 3.64. The Morgan fingerprint density at radius 2 is 2.47 bits per heavy atom. The Morgan fingerprint density at radius 1 is 1.73 bits per heavy atom. The molecule has 1 rings (SSSR count). The molecule has 0 aromatic heterocycles. The van der Waals surface area contributed by atoms with E-state index in [1.54, 1.807) is 6.08 Å². The minimum atomic E-state index is -0.386. The van der Waals surface area contributed by atoms with E-state index in [1.165, 1.54) is 0 Å². The number of amides is 1. The molecule has 1 saturated heterocycles. The van der Waals surface area contributed by atoms with Crippen molar-refractivity contribution in [2.75, 3.05) is 13.1 Å². The number of likely N-dealkylation sites (tertiary alicyclic amines) is 1. The molecule has 1 amide bonds. The normalized spacial score (nSPS) is 23.9. The Bertz CT molecular complexity index is 231. The second-order valence-electron chi connectivity index (χ2n) is 4.08. The van der Waals surface area contributed by atoms with E-state index in [-0.39, 0.29) is 18.1 Å². The van der Waals surface area contributed by atoms with Gasteiger partial charge in [-0.25, -0.2) is 0 Å². The van der Waals surface area contributed by atoms with Gasteiger partial charge in [-0.1, -0.05) is 6.08 Å². The fraction of sp³-hybridized carbons (Fsp3) is 0.727. The number of aliphatic hydroxyl groups is 1. The van der Waals surface area contributed by atoms with Gasteiger partial charge in [-0.15, -0.1) is 6.58 Å². The number of primary amides is 1. The van der Waals surface area contributed by atoms with Crippen molar-refractivity contribution in [1.82, 2.24) is 4.90 Å². The van der Waals surface area contributed by atoms with Crippen LogP contribution in [0.2, 0.25) is 0 Å². The average molecular weight is 212 g/mol. The summed E-state index contributed by atoms with van der Waals surface area (Å²) in [6.45, 7) is 5.01. The first-order valence-electron chi connectivity index (χ1n) is 5.47. The first-order chi connectivity index (χ1) is 7.15. The summed E-state index contributed by atoms with van der Waals surface area (Å²) in [7, 11) is 0. The van der Waals surface area contributed by atoms with E-state index in [9.17, 15) is 9.90 Å². The van der Waals surface area contributed by atoms with Crippen LogP contribution < -0.4 is 5.73 Å². The van der Waals surface area contributed by atoms with Crippen molar-refractivity contribution in [1.29, 1.82) is 0 Å². The molecule has 4 heteroatoms. The van der Waals surface area contributed by atoms with Crippen LogP contribution in [0.3, 0.4) is 0 Å². The molecular formula is C11H20N2O2. The molecule has 0 aromatic carbocycles. The predicted octanol–water partition coefficient (Wildman–Crippen LogP) is 0.263. The molecule has 0 bridgehead atoms. The maximum absolute atomic E-state index is 11.1. The van der Waals surface area contributed by atoms with Gasteiger partial charge in [-0.05, 0) is 32.2 Å². The fourth-order valence-electron chi connectivity index (χ4n) is 2.04. The Balaban J connectivity index is 2.36. The monoisotopic (exact) mass is 212 g/mol. The molecule has 2 unspecified atom stereocenters. The summed E-state index contributed by atoms with van der Waals surface area (Å²) >= 11 is 0. The molecule has 4 nitrogen and oxygen atoms in total. The standard InChI is InChI=1S/C11H20N2O2/c1-2-3-5-9(14)8-13-7-4-6-10(13)11(12)15/h2,9-10,14H,1,3-8H2,(H2,12,15).